The predicted octanol–water partition coefficient (Wildman–Crippen LogP) is 3.36. The van der Waals surface area contributed by atoms with E-state index in [0.29, 0.717) is 30.5 Å². The van der Waals surface area contributed by atoms with E-state index >= 15 is 0 Å². The first kappa shape index (κ1) is 23.4. The Labute approximate surface area is 173 Å². The van der Waals surface area contributed by atoms with E-state index in [4.69, 9.17) is 0 Å². The number of halogens is 4. The molecule has 0 atom stereocenters. The number of thiazole rings is 1. The van der Waals surface area contributed by atoms with Crippen LogP contribution in [-0.4, -0.2) is 54.6 Å². The molecule has 0 spiro atoms. The predicted molar refractivity (Wildman–Crippen MR) is 110 cm³/mol. The molecule has 2 N–H and O–H groups in total. The zero-order valence-electron chi connectivity index (χ0n) is 15.1. The number of likely N-dealkylation sites (N-methyl/N-ethyl adjacent to an activating group) is 1. The molecule has 0 radical (unpaired) electrons. The number of nitrogens with zero attached hydrogens (tertiary/aromatic N) is 3. The van der Waals surface area contributed by atoms with Crippen molar-refractivity contribution < 1.29 is 13.2 Å². The van der Waals surface area contributed by atoms with E-state index < -0.39 is 11.9 Å². The summed E-state index contributed by atoms with van der Waals surface area (Å²) < 4.78 is 37.6. The Hall–Kier alpha value is -0.620. The molecule has 2 rings (SSSR count). The zero-order chi connectivity index (χ0) is 18.3. The van der Waals surface area contributed by atoms with Crippen LogP contribution in [0.5, 0.6) is 0 Å². The minimum absolute atomic E-state index is 0. The third-order valence-electron chi connectivity index (χ3n) is 3.94. The van der Waals surface area contributed by atoms with Crippen LogP contribution in [0.25, 0.3) is 0 Å². The minimum atomic E-state index is -4.37. The third-order valence-corrected chi connectivity index (χ3v) is 4.85. The van der Waals surface area contributed by atoms with Gasteiger partial charge in [-0.3, -0.25) is 9.89 Å². The molecule has 0 aromatic carbocycles. The fourth-order valence-electron chi connectivity index (χ4n) is 2.51. The van der Waals surface area contributed by atoms with E-state index in [-0.39, 0.29) is 24.0 Å². The van der Waals surface area contributed by atoms with Crippen LogP contribution >= 0.6 is 35.3 Å². The largest absolute Gasteiger partial charge is 0.434 e. The second-order valence-corrected chi connectivity index (χ2v) is 6.86. The van der Waals surface area contributed by atoms with Gasteiger partial charge in [0.05, 0.1) is 11.6 Å². The van der Waals surface area contributed by atoms with E-state index in [9.17, 15) is 13.2 Å². The van der Waals surface area contributed by atoms with Gasteiger partial charge in [-0.2, -0.15) is 13.2 Å². The van der Waals surface area contributed by atoms with Gasteiger partial charge in [0.1, 0.15) is 0 Å². The normalized spacial score (nSPS) is 15.1. The molecule has 0 saturated heterocycles. The highest BCUT2D eigenvalue weighted by atomic mass is 127. The van der Waals surface area contributed by atoms with Crippen molar-refractivity contribution >= 4 is 41.3 Å². The molecule has 0 aliphatic heterocycles. The van der Waals surface area contributed by atoms with Crippen molar-refractivity contribution in [2.45, 2.75) is 45.3 Å². The molecule has 0 amide bonds. The fraction of sp³-hybridized carbons (Fsp3) is 0.750. The molecule has 0 unspecified atom stereocenters. The van der Waals surface area contributed by atoms with Gasteiger partial charge in [-0.1, -0.05) is 6.92 Å². The molecule has 1 aliphatic carbocycles. The summed E-state index contributed by atoms with van der Waals surface area (Å²) in [6, 6.07) is 0.725. The molecule has 1 saturated carbocycles. The summed E-state index contributed by atoms with van der Waals surface area (Å²) in [5.74, 6) is 0.696. The smallest absolute Gasteiger partial charge is 0.357 e. The third kappa shape index (κ3) is 7.95. The maximum atomic E-state index is 12.5. The molecule has 1 heterocycles. The van der Waals surface area contributed by atoms with Gasteiger partial charge < -0.3 is 10.6 Å². The topological polar surface area (TPSA) is 52.6 Å². The SMILES string of the molecule is CCNC(=NCCN(CC)C1CC1)NCCc1nc(C(F)(F)F)cs1.I. The number of guanidine groups is 1. The van der Waals surface area contributed by atoms with Crippen LogP contribution in [-0.2, 0) is 12.6 Å². The molecule has 1 fully saturated rings. The Bertz CT molecular complexity index is 560. The number of rotatable bonds is 9. The second-order valence-electron chi connectivity index (χ2n) is 5.92. The second kappa shape index (κ2) is 11.3. The Balaban J connectivity index is 0.00000338. The molecule has 1 aromatic rings. The van der Waals surface area contributed by atoms with Crippen molar-refractivity contribution in [1.82, 2.24) is 20.5 Å². The van der Waals surface area contributed by atoms with E-state index in [2.05, 4.69) is 32.4 Å². The van der Waals surface area contributed by atoms with Crippen LogP contribution in [0.2, 0.25) is 0 Å². The van der Waals surface area contributed by atoms with Gasteiger partial charge in [0.2, 0.25) is 0 Å². The summed E-state index contributed by atoms with van der Waals surface area (Å²) in [5, 5.41) is 7.85. The van der Waals surface area contributed by atoms with Crippen LogP contribution < -0.4 is 10.6 Å². The standard InChI is InChI=1S/C16H26F3N5S.HI/c1-3-20-15(22-9-10-24(4-2)12-5-6-12)21-8-7-14-23-13(11-25-14)16(17,18)19;/h11-12H,3-10H2,1-2H3,(H2,20,21,22);1H. The van der Waals surface area contributed by atoms with Gasteiger partial charge in [-0.05, 0) is 26.3 Å². The summed E-state index contributed by atoms with van der Waals surface area (Å²) >= 11 is 1.04. The highest BCUT2D eigenvalue weighted by Crippen LogP contribution is 2.30. The molecule has 26 heavy (non-hydrogen) atoms. The molecule has 1 aliphatic rings. The minimum Gasteiger partial charge on any atom is -0.357 e. The van der Waals surface area contributed by atoms with E-state index in [1.54, 1.807) is 0 Å². The van der Waals surface area contributed by atoms with Crippen LogP contribution in [0.3, 0.4) is 0 Å². The first-order valence-electron chi connectivity index (χ1n) is 8.71. The first-order valence-corrected chi connectivity index (χ1v) is 9.59. The molecule has 0 bridgehead atoms. The van der Waals surface area contributed by atoms with Crippen molar-refractivity contribution in [2.75, 3.05) is 32.7 Å². The average molecular weight is 505 g/mol. The lowest BCUT2D eigenvalue weighted by Gasteiger charge is -2.18. The molecule has 150 valence electrons. The van der Waals surface area contributed by atoms with Crippen LogP contribution in [0.4, 0.5) is 13.2 Å². The summed E-state index contributed by atoms with van der Waals surface area (Å²) in [6.07, 6.45) is -1.37. The fourth-order valence-corrected chi connectivity index (χ4v) is 3.32. The molecule has 10 heteroatoms. The van der Waals surface area contributed by atoms with E-state index in [1.165, 1.54) is 12.8 Å². The zero-order valence-corrected chi connectivity index (χ0v) is 18.3. The lowest BCUT2D eigenvalue weighted by atomic mass is 10.4. The lowest BCUT2D eigenvalue weighted by Crippen LogP contribution is -2.39. The first-order chi connectivity index (χ1) is 11.9. The Morgan fingerprint density at radius 2 is 2.08 bits per heavy atom. The summed E-state index contributed by atoms with van der Waals surface area (Å²) in [5.41, 5.74) is -0.812. The Kier molecular flexibility index (Phi) is 10.2. The van der Waals surface area contributed by atoms with Crippen molar-refractivity contribution in [3.05, 3.63) is 16.1 Å². The quantitative estimate of drug-likeness (QED) is 0.307. The Morgan fingerprint density at radius 1 is 1.35 bits per heavy atom. The van der Waals surface area contributed by atoms with Crippen LogP contribution in [0, 0.1) is 0 Å². The van der Waals surface area contributed by atoms with Crippen molar-refractivity contribution in [2.24, 2.45) is 4.99 Å². The lowest BCUT2D eigenvalue weighted by molar-refractivity contribution is -0.140. The van der Waals surface area contributed by atoms with Gasteiger partial charge in [0.25, 0.3) is 0 Å². The van der Waals surface area contributed by atoms with Gasteiger partial charge in [0.15, 0.2) is 11.7 Å². The summed E-state index contributed by atoms with van der Waals surface area (Å²) in [6.45, 7) is 8.05. The Morgan fingerprint density at radius 3 is 2.62 bits per heavy atom. The van der Waals surface area contributed by atoms with Gasteiger partial charge >= 0.3 is 6.18 Å². The monoisotopic (exact) mass is 505 g/mol. The van der Waals surface area contributed by atoms with E-state index in [1.807, 2.05) is 6.92 Å². The maximum absolute atomic E-state index is 12.5. The highest BCUT2D eigenvalue weighted by Gasteiger charge is 2.33. The highest BCUT2D eigenvalue weighted by molar-refractivity contribution is 14.0. The number of alkyl halides is 3. The van der Waals surface area contributed by atoms with Crippen LogP contribution in [0.1, 0.15) is 37.4 Å². The molecular weight excluding hydrogens is 478 g/mol. The van der Waals surface area contributed by atoms with Gasteiger partial charge in [-0.25, -0.2) is 4.98 Å². The summed E-state index contributed by atoms with van der Waals surface area (Å²) in [4.78, 5) is 10.6. The van der Waals surface area contributed by atoms with Crippen molar-refractivity contribution in [3.63, 3.8) is 0 Å². The van der Waals surface area contributed by atoms with Gasteiger partial charge in [0, 0.05) is 37.5 Å². The van der Waals surface area contributed by atoms with E-state index in [0.717, 1.165) is 42.4 Å². The maximum Gasteiger partial charge on any atom is 0.434 e. The number of aliphatic imine (C=N–C) groups is 1. The number of hydrogen-bond donors (Lipinski definition) is 2. The van der Waals surface area contributed by atoms with Crippen LogP contribution in [0.15, 0.2) is 10.4 Å². The van der Waals surface area contributed by atoms with Crippen molar-refractivity contribution in [1.29, 1.82) is 0 Å². The number of nitrogens with one attached hydrogen (secondary N) is 2. The summed E-state index contributed by atoms with van der Waals surface area (Å²) in [7, 11) is 0. The number of hydrogen-bond acceptors (Lipinski definition) is 4. The molecular formula is C16H27F3IN5S. The van der Waals surface area contributed by atoms with Crippen molar-refractivity contribution in [3.8, 4) is 0 Å². The molecule has 1 aromatic heterocycles. The van der Waals surface area contributed by atoms with Gasteiger partial charge in [-0.15, -0.1) is 35.3 Å². The average Bonchev–Trinajstić information content (AvgIpc) is 3.27. The molecule has 5 nitrogen and oxygen atoms in total. The number of aromatic nitrogens is 1.